The first kappa shape index (κ1) is 58.9. The first-order chi connectivity index (χ1) is 52.4. The zero-order valence-corrected chi connectivity index (χ0v) is 56.6. The number of para-hydroxylation sites is 4. The van der Waals surface area contributed by atoms with Crippen LogP contribution in [-0.4, -0.2) is 28.2 Å². The Morgan fingerprint density at radius 3 is 1.01 bits per heavy atom. The van der Waals surface area contributed by atoms with Crippen molar-refractivity contribution in [2.45, 2.75) is 0 Å². The second kappa shape index (κ2) is 22.8. The number of nitrogens with zero attached hydrogens (tertiary/aromatic N) is 8. The predicted octanol–water partition coefficient (Wildman–Crippen LogP) is 25.4. The van der Waals surface area contributed by atoms with E-state index in [4.69, 9.17) is 25.4 Å². The number of nitriles is 1. The third-order valence-electron chi connectivity index (χ3n) is 21.6. The van der Waals surface area contributed by atoms with Crippen LogP contribution in [0.2, 0.25) is 0 Å². The van der Waals surface area contributed by atoms with E-state index < -0.39 is 0 Å². The highest BCUT2D eigenvalue weighted by Crippen LogP contribution is 2.44. The summed E-state index contributed by atoms with van der Waals surface area (Å²) in [6, 6.07) is 118. The van der Waals surface area contributed by atoms with Crippen molar-refractivity contribution in [2.24, 2.45) is 0 Å². The molecule has 0 atom stereocenters. The van der Waals surface area contributed by atoms with Crippen molar-refractivity contribution in [2.75, 3.05) is 0 Å². The Bertz CT molecular complexity index is 7170. The highest BCUT2D eigenvalue weighted by Gasteiger charge is 2.23. The van der Waals surface area contributed by atoms with Crippen LogP contribution in [0.1, 0.15) is 5.56 Å². The molecule has 0 unspecified atom stereocenters. The van der Waals surface area contributed by atoms with E-state index >= 15 is 0 Å². The maximum absolute atomic E-state index is 9.56. The molecule has 10 heteroatoms. The van der Waals surface area contributed by atoms with Crippen molar-refractivity contribution in [3.8, 4) is 85.0 Å². The van der Waals surface area contributed by atoms with E-state index in [2.05, 4.69) is 296 Å². The summed E-state index contributed by atoms with van der Waals surface area (Å²) in [4.78, 5) is 14.4. The van der Waals surface area contributed by atoms with Crippen molar-refractivity contribution in [1.29, 1.82) is 5.26 Å². The molecule has 0 aliphatic carbocycles. The van der Waals surface area contributed by atoms with Gasteiger partial charge in [-0.1, -0.05) is 140 Å². The van der Waals surface area contributed by atoms with Crippen molar-refractivity contribution in [3.05, 3.63) is 345 Å². The molecule has 0 fully saturated rings. The van der Waals surface area contributed by atoms with Gasteiger partial charge in [-0.15, -0.1) is 0 Å². The van der Waals surface area contributed by atoms with Gasteiger partial charge in [0.15, 0.2) is 11.5 Å². The lowest BCUT2D eigenvalue weighted by Gasteiger charge is -2.10. The molecule has 490 valence electrons. The number of rotatable bonds is 9. The second-order valence-electron chi connectivity index (χ2n) is 27.4. The Labute approximate surface area is 605 Å². The first-order valence-electron chi connectivity index (χ1n) is 35.4. The highest BCUT2D eigenvalue weighted by molar-refractivity contribution is 6.16. The molecule has 0 N–H and O–H groups in total. The minimum atomic E-state index is 0.598. The van der Waals surface area contributed by atoms with Gasteiger partial charge in [-0.2, -0.15) is 5.26 Å². The molecular weight excluding hydrogens is 1300 g/mol. The van der Waals surface area contributed by atoms with Crippen LogP contribution in [0.15, 0.2) is 336 Å². The van der Waals surface area contributed by atoms with Crippen LogP contribution >= 0.6 is 0 Å². The van der Waals surface area contributed by atoms with Gasteiger partial charge in [0.2, 0.25) is 0 Å². The molecule has 0 saturated carbocycles. The molecule has 0 amide bonds. The summed E-state index contributed by atoms with van der Waals surface area (Å²) in [5.41, 5.74) is 26.3. The van der Waals surface area contributed by atoms with Gasteiger partial charge in [0, 0.05) is 104 Å². The highest BCUT2D eigenvalue weighted by atomic mass is 16.3. The molecule has 0 radical (unpaired) electrons. The van der Waals surface area contributed by atoms with E-state index in [0.717, 1.165) is 172 Å². The normalized spacial score (nSPS) is 11.9. The SMILES string of the molecule is [C-]#[N+]c1ccc(-n2c3ccccc3c3cc(-c4ccc5c(c4)c4ccccc4n5-c4ccc5oc6ccc(-c7nc(-c8ccccc8)cc(-c8ccc9oc%10ccc(-n%11c%12ccccc%12c%12cc(-c%13ccc%14c(c%13)c%13ccccc%13n%14-c%13ccc(C#N)cc%13)ccc%12%11)cc%10c9c8)n7)cc6c5c4)ccc32)cc1. The number of fused-ring (bicyclic) bond motifs is 18. The summed E-state index contributed by atoms with van der Waals surface area (Å²) < 4.78 is 22.6. The van der Waals surface area contributed by atoms with Gasteiger partial charge in [0.1, 0.15) is 22.3 Å². The molecule has 0 aliphatic rings. The molecule has 0 saturated heterocycles. The van der Waals surface area contributed by atoms with Crippen LogP contribution in [-0.2, 0) is 0 Å². The zero-order valence-electron chi connectivity index (χ0n) is 56.6. The van der Waals surface area contributed by atoms with Crippen molar-refractivity contribution < 1.29 is 8.83 Å². The monoisotopic (exact) mass is 1350 g/mol. The summed E-state index contributed by atoms with van der Waals surface area (Å²) in [6.45, 7) is 7.53. The molecular formula is C96H54N8O2. The summed E-state index contributed by atoms with van der Waals surface area (Å²) in [7, 11) is 0. The Morgan fingerprint density at radius 1 is 0.264 bits per heavy atom. The molecule has 7 aromatic heterocycles. The third-order valence-corrected chi connectivity index (χ3v) is 21.6. The molecule has 7 heterocycles. The van der Waals surface area contributed by atoms with Crippen LogP contribution in [0, 0.1) is 17.9 Å². The van der Waals surface area contributed by atoms with E-state index in [1.807, 2.05) is 60.7 Å². The molecule has 22 aromatic rings. The molecule has 15 aromatic carbocycles. The van der Waals surface area contributed by atoms with Crippen molar-refractivity contribution in [3.63, 3.8) is 0 Å². The number of benzene rings is 15. The topological polar surface area (TPSA) is 99.9 Å². The maximum atomic E-state index is 9.56. The first-order valence-corrected chi connectivity index (χ1v) is 35.4. The predicted molar refractivity (Wildman–Crippen MR) is 432 cm³/mol. The van der Waals surface area contributed by atoms with Gasteiger partial charge in [0.25, 0.3) is 0 Å². The smallest absolute Gasteiger partial charge is 0.187 e. The van der Waals surface area contributed by atoms with Crippen LogP contribution < -0.4 is 0 Å². The lowest BCUT2D eigenvalue weighted by Crippen LogP contribution is -1.96. The van der Waals surface area contributed by atoms with Crippen LogP contribution in [0.4, 0.5) is 5.69 Å². The van der Waals surface area contributed by atoms with Crippen LogP contribution in [0.5, 0.6) is 0 Å². The second-order valence-corrected chi connectivity index (χ2v) is 27.4. The molecule has 10 nitrogen and oxygen atoms in total. The van der Waals surface area contributed by atoms with Gasteiger partial charge >= 0.3 is 0 Å². The van der Waals surface area contributed by atoms with Crippen molar-refractivity contribution >= 4 is 137 Å². The van der Waals surface area contributed by atoms with E-state index in [0.29, 0.717) is 17.1 Å². The number of hydrogen-bond acceptors (Lipinski definition) is 5. The van der Waals surface area contributed by atoms with Gasteiger partial charge in [-0.05, 0) is 210 Å². The largest absolute Gasteiger partial charge is 0.456 e. The van der Waals surface area contributed by atoms with Crippen LogP contribution in [0.3, 0.4) is 0 Å². The molecule has 0 spiro atoms. The lowest BCUT2D eigenvalue weighted by atomic mass is 10.0. The maximum Gasteiger partial charge on any atom is 0.187 e. The average Bonchev–Trinajstić information content (AvgIpc) is 1.59. The Balaban J connectivity index is 0.619. The summed E-state index contributed by atoms with van der Waals surface area (Å²) in [6.07, 6.45) is 0. The zero-order chi connectivity index (χ0) is 69.8. The molecule has 0 bridgehead atoms. The average molecular weight is 1350 g/mol. The Hall–Kier alpha value is -14.8. The minimum Gasteiger partial charge on any atom is -0.456 e. The van der Waals surface area contributed by atoms with Crippen molar-refractivity contribution in [1.82, 2.24) is 28.2 Å². The van der Waals surface area contributed by atoms with E-state index in [-0.39, 0.29) is 0 Å². The lowest BCUT2D eigenvalue weighted by molar-refractivity contribution is 0.668. The standard InChI is InChI=1S/C96H54N8O2/c1-98-65-31-35-67(36-32-65)102-85-20-10-6-16-71(85)75-48-60(26-40-89(75)102)62-28-42-91-77(50-62)73-18-8-12-22-87(73)104(91)69-38-46-95-81(54-69)79-52-64(30-44-93(79)106-95)96-99-82(58-13-3-2-4-14-58)55-83(100-96)63-29-43-92-78(51-63)80-53-68(37-45-94(80)105-92)103-86-21-11-7-17-72(86)76-49-61(27-41-90(76)103)59-25-39-88-74(47-59)70-15-5-9-19-84(70)101(88)66-33-23-57(56-97)24-34-66/h2-55H. The Morgan fingerprint density at radius 2 is 0.585 bits per heavy atom. The van der Waals surface area contributed by atoms with E-state index in [1.54, 1.807) is 0 Å². The van der Waals surface area contributed by atoms with Gasteiger partial charge < -0.3 is 27.1 Å². The summed E-state index contributed by atoms with van der Waals surface area (Å²) in [5, 5.41) is 22.9. The number of hydrogen-bond donors (Lipinski definition) is 0. The van der Waals surface area contributed by atoms with Gasteiger partial charge in [-0.3, -0.25) is 0 Å². The third kappa shape index (κ3) is 9.02. The minimum absolute atomic E-state index is 0.598. The number of furan rings is 2. The molecule has 106 heavy (non-hydrogen) atoms. The quantitative estimate of drug-likeness (QED) is 0.134. The molecule has 0 aliphatic heterocycles. The summed E-state index contributed by atoms with van der Waals surface area (Å²) in [5.74, 6) is 0.598. The van der Waals surface area contributed by atoms with Gasteiger partial charge in [0.05, 0.1) is 73.7 Å². The Kier molecular flexibility index (Phi) is 12.7. The fourth-order valence-corrected chi connectivity index (χ4v) is 16.7. The fourth-order valence-electron chi connectivity index (χ4n) is 16.7. The van der Waals surface area contributed by atoms with Crippen LogP contribution in [0.25, 0.3) is 215 Å². The fraction of sp³-hybridized carbons (Fsp3) is 0. The number of aromatic nitrogens is 6. The van der Waals surface area contributed by atoms with E-state index in [9.17, 15) is 5.26 Å². The van der Waals surface area contributed by atoms with E-state index in [1.165, 1.54) is 32.3 Å². The van der Waals surface area contributed by atoms with Gasteiger partial charge in [-0.25, -0.2) is 14.8 Å². The summed E-state index contributed by atoms with van der Waals surface area (Å²) >= 11 is 0. The molecule has 22 rings (SSSR count).